The third-order valence-electron chi connectivity index (χ3n) is 2.44. The van der Waals surface area contributed by atoms with Gasteiger partial charge in [0.05, 0.1) is 0 Å². The molecule has 70 valence electrons. The van der Waals surface area contributed by atoms with Crippen LogP contribution in [0.1, 0.15) is 11.1 Å². The summed E-state index contributed by atoms with van der Waals surface area (Å²) in [6.07, 6.45) is 4.47. The van der Waals surface area contributed by atoms with Gasteiger partial charge in [0, 0.05) is 6.42 Å². The standard InChI is InChI=1S/C13H8N2/c14-8-13(9-15)12-6-5-10-3-1-2-4-11(10)7-12/h1-6H,7H2. The van der Waals surface area contributed by atoms with E-state index in [1.165, 1.54) is 0 Å². The molecular weight excluding hydrogens is 184 g/mol. The van der Waals surface area contributed by atoms with E-state index < -0.39 is 0 Å². The molecule has 0 atom stereocenters. The maximum absolute atomic E-state index is 8.76. The fourth-order valence-electron chi connectivity index (χ4n) is 1.65. The molecule has 2 heteroatoms. The first-order valence-corrected chi connectivity index (χ1v) is 4.64. The summed E-state index contributed by atoms with van der Waals surface area (Å²) in [5.41, 5.74) is 3.34. The Labute approximate surface area is 88.4 Å². The van der Waals surface area contributed by atoms with Crippen molar-refractivity contribution in [3.8, 4) is 12.1 Å². The van der Waals surface area contributed by atoms with Gasteiger partial charge < -0.3 is 0 Å². The lowest BCUT2D eigenvalue weighted by Crippen LogP contribution is -1.98. The predicted molar refractivity (Wildman–Crippen MR) is 57.4 cm³/mol. The Bertz CT molecular complexity index is 520. The van der Waals surface area contributed by atoms with Gasteiger partial charge in [-0.05, 0) is 16.7 Å². The number of benzene rings is 1. The summed E-state index contributed by atoms with van der Waals surface area (Å²) in [7, 11) is 0. The first-order valence-electron chi connectivity index (χ1n) is 4.64. The molecular formula is C13H8N2. The van der Waals surface area contributed by atoms with E-state index in [9.17, 15) is 0 Å². The number of nitriles is 2. The number of hydrogen-bond acceptors (Lipinski definition) is 2. The summed E-state index contributed by atoms with van der Waals surface area (Å²) in [4.78, 5) is 0. The molecule has 0 radical (unpaired) electrons. The molecule has 1 aliphatic carbocycles. The highest BCUT2D eigenvalue weighted by Gasteiger charge is 2.10. The third-order valence-corrected chi connectivity index (χ3v) is 2.44. The summed E-state index contributed by atoms with van der Waals surface area (Å²) < 4.78 is 0. The molecule has 0 unspecified atom stereocenters. The van der Waals surface area contributed by atoms with Crippen LogP contribution in [-0.4, -0.2) is 0 Å². The van der Waals surface area contributed by atoms with Gasteiger partial charge >= 0.3 is 0 Å². The zero-order valence-electron chi connectivity index (χ0n) is 8.07. The Kier molecular flexibility index (Phi) is 2.35. The van der Waals surface area contributed by atoms with Gasteiger partial charge in [-0.1, -0.05) is 36.4 Å². The maximum Gasteiger partial charge on any atom is 0.133 e. The largest absolute Gasteiger partial charge is 0.192 e. The molecule has 0 heterocycles. The zero-order valence-corrected chi connectivity index (χ0v) is 8.07. The monoisotopic (exact) mass is 192 g/mol. The second-order valence-corrected chi connectivity index (χ2v) is 3.33. The highest BCUT2D eigenvalue weighted by molar-refractivity contribution is 5.64. The van der Waals surface area contributed by atoms with Crippen molar-refractivity contribution in [3.05, 3.63) is 52.6 Å². The van der Waals surface area contributed by atoms with Crippen molar-refractivity contribution < 1.29 is 0 Å². The highest BCUT2D eigenvalue weighted by atomic mass is 14.3. The predicted octanol–water partition coefficient (Wildman–Crippen LogP) is 2.60. The molecule has 2 rings (SSSR count). The quantitative estimate of drug-likeness (QED) is 0.593. The molecule has 0 aliphatic heterocycles. The molecule has 0 aromatic heterocycles. The van der Waals surface area contributed by atoms with Crippen LogP contribution in [0.3, 0.4) is 0 Å². The van der Waals surface area contributed by atoms with Gasteiger partial charge in [0.25, 0.3) is 0 Å². The van der Waals surface area contributed by atoms with E-state index in [1.54, 1.807) is 0 Å². The van der Waals surface area contributed by atoms with Gasteiger partial charge in [0.15, 0.2) is 0 Å². The second kappa shape index (κ2) is 3.82. The van der Waals surface area contributed by atoms with Crippen molar-refractivity contribution in [2.45, 2.75) is 6.42 Å². The molecule has 0 saturated carbocycles. The highest BCUT2D eigenvalue weighted by Crippen LogP contribution is 2.23. The van der Waals surface area contributed by atoms with E-state index in [-0.39, 0.29) is 5.57 Å². The van der Waals surface area contributed by atoms with Crippen molar-refractivity contribution in [1.82, 2.24) is 0 Å². The fraction of sp³-hybridized carbons (Fsp3) is 0.0769. The number of fused-ring (bicyclic) bond motifs is 1. The van der Waals surface area contributed by atoms with Gasteiger partial charge in [-0.2, -0.15) is 10.5 Å². The average molecular weight is 192 g/mol. The molecule has 1 aromatic carbocycles. The van der Waals surface area contributed by atoms with Gasteiger partial charge in [0.2, 0.25) is 0 Å². The lowest BCUT2D eigenvalue weighted by Gasteiger charge is -2.12. The summed E-state index contributed by atoms with van der Waals surface area (Å²) in [5, 5.41) is 17.5. The normalized spacial score (nSPS) is 12.5. The lowest BCUT2D eigenvalue weighted by atomic mass is 9.91. The lowest BCUT2D eigenvalue weighted by molar-refractivity contribution is 1.16. The van der Waals surface area contributed by atoms with Crippen LogP contribution in [0.5, 0.6) is 0 Å². The topological polar surface area (TPSA) is 47.6 Å². The van der Waals surface area contributed by atoms with Crippen LogP contribution in [0.2, 0.25) is 0 Å². The average Bonchev–Trinajstić information content (AvgIpc) is 2.30. The minimum atomic E-state index is 0.209. The summed E-state index contributed by atoms with van der Waals surface area (Å²) in [5.74, 6) is 0. The van der Waals surface area contributed by atoms with Crippen LogP contribution in [0.25, 0.3) is 6.08 Å². The molecule has 0 amide bonds. The van der Waals surface area contributed by atoms with E-state index in [2.05, 4.69) is 0 Å². The molecule has 1 aliphatic rings. The molecule has 0 bridgehead atoms. The van der Waals surface area contributed by atoms with Gasteiger partial charge in [-0.3, -0.25) is 0 Å². The van der Waals surface area contributed by atoms with E-state index >= 15 is 0 Å². The Balaban J connectivity index is 2.48. The Hall–Kier alpha value is -2.32. The Morgan fingerprint density at radius 2 is 1.80 bits per heavy atom. The van der Waals surface area contributed by atoms with Crippen LogP contribution >= 0.6 is 0 Å². The van der Waals surface area contributed by atoms with Gasteiger partial charge in [0.1, 0.15) is 17.7 Å². The molecule has 15 heavy (non-hydrogen) atoms. The van der Waals surface area contributed by atoms with Crippen molar-refractivity contribution in [3.63, 3.8) is 0 Å². The molecule has 0 spiro atoms. The van der Waals surface area contributed by atoms with E-state index in [1.807, 2.05) is 48.6 Å². The van der Waals surface area contributed by atoms with Crippen LogP contribution < -0.4 is 0 Å². The molecule has 0 fully saturated rings. The van der Waals surface area contributed by atoms with Crippen LogP contribution in [0.15, 0.2) is 41.5 Å². The smallest absolute Gasteiger partial charge is 0.133 e. The number of rotatable bonds is 0. The summed E-state index contributed by atoms with van der Waals surface area (Å²) >= 11 is 0. The number of allylic oxidation sites excluding steroid dienone is 3. The van der Waals surface area contributed by atoms with E-state index in [0.717, 1.165) is 16.7 Å². The maximum atomic E-state index is 8.76. The second-order valence-electron chi connectivity index (χ2n) is 3.33. The minimum Gasteiger partial charge on any atom is -0.192 e. The SMILES string of the molecule is N#CC(C#N)=C1C=Cc2ccccc2C1. The van der Waals surface area contributed by atoms with Crippen LogP contribution in [0, 0.1) is 22.7 Å². The molecule has 2 nitrogen and oxygen atoms in total. The van der Waals surface area contributed by atoms with E-state index in [0.29, 0.717) is 6.42 Å². The van der Waals surface area contributed by atoms with E-state index in [4.69, 9.17) is 10.5 Å². The van der Waals surface area contributed by atoms with Crippen LogP contribution in [0.4, 0.5) is 0 Å². The Morgan fingerprint density at radius 3 is 2.53 bits per heavy atom. The van der Waals surface area contributed by atoms with Crippen molar-refractivity contribution in [2.24, 2.45) is 0 Å². The van der Waals surface area contributed by atoms with Crippen molar-refractivity contribution >= 4 is 6.08 Å². The first-order chi connectivity index (χ1) is 7.35. The first kappa shape index (κ1) is 9.24. The van der Waals surface area contributed by atoms with Gasteiger partial charge in [-0.15, -0.1) is 0 Å². The fourth-order valence-corrected chi connectivity index (χ4v) is 1.65. The zero-order chi connectivity index (χ0) is 10.7. The van der Waals surface area contributed by atoms with Crippen LogP contribution in [-0.2, 0) is 6.42 Å². The van der Waals surface area contributed by atoms with Crippen molar-refractivity contribution in [2.75, 3.05) is 0 Å². The summed E-state index contributed by atoms with van der Waals surface area (Å²) in [6.45, 7) is 0. The Morgan fingerprint density at radius 1 is 1.07 bits per heavy atom. The molecule has 0 saturated heterocycles. The van der Waals surface area contributed by atoms with Gasteiger partial charge in [-0.25, -0.2) is 0 Å². The molecule has 1 aromatic rings. The minimum absolute atomic E-state index is 0.209. The number of hydrogen-bond donors (Lipinski definition) is 0. The number of nitrogens with zero attached hydrogens (tertiary/aromatic N) is 2. The van der Waals surface area contributed by atoms with Crippen molar-refractivity contribution in [1.29, 1.82) is 10.5 Å². The third kappa shape index (κ3) is 1.66. The summed E-state index contributed by atoms with van der Waals surface area (Å²) in [6, 6.07) is 11.8. The molecule has 0 N–H and O–H groups in total.